The van der Waals surface area contributed by atoms with Gasteiger partial charge in [-0.3, -0.25) is 0 Å². The van der Waals surface area contributed by atoms with Crippen molar-refractivity contribution >= 4 is 17.3 Å². The number of thiophene rings is 1. The summed E-state index contributed by atoms with van der Waals surface area (Å²) in [6.07, 6.45) is 5.08. The second-order valence-electron chi connectivity index (χ2n) is 2.80. The van der Waals surface area contributed by atoms with Gasteiger partial charge in [-0.05, 0) is 18.6 Å². The first-order chi connectivity index (χ1) is 6.65. The van der Waals surface area contributed by atoms with Gasteiger partial charge in [-0.1, -0.05) is 5.92 Å². The topological polar surface area (TPSA) is 49.3 Å². The summed E-state index contributed by atoms with van der Waals surface area (Å²) in [5.41, 5.74) is 1.00. The third kappa shape index (κ3) is 2.59. The number of nitrogens with one attached hydrogen (secondary N) is 1. The summed E-state index contributed by atoms with van der Waals surface area (Å²) < 4.78 is 0. The standard InChI is InChI=1S/C10H11NO2S/c1-3-4-11-6-8-5-9(10(12)13)14-7(8)2/h1,5,11H,4,6H2,2H3,(H,12,13). The van der Waals surface area contributed by atoms with Gasteiger partial charge in [0, 0.05) is 11.4 Å². The number of terminal acetylenes is 1. The summed E-state index contributed by atoms with van der Waals surface area (Å²) in [5.74, 6) is 1.59. The Labute approximate surface area is 86.8 Å². The third-order valence-electron chi connectivity index (χ3n) is 1.77. The van der Waals surface area contributed by atoms with E-state index in [1.807, 2.05) is 6.92 Å². The van der Waals surface area contributed by atoms with Gasteiger partial charge >= 0.3 is 5.97 Å². The van der Waals surface area contributed by atoms with Crippen LogP contribution in [0.3, 0.4) is 0 Å². The zero-order valence-electron chi connectivity index (χ0n) is 7.83. The highest BCUT2D eigenvalue weighted by molar-refractivity contribution is 7.14. The van der Waals surface area contributed by atoms with Crippen molar-refractivity contribution in [3.05, 3.63) is 21.4 Å². The van der Waals surface area contributed by atoms with Gasteiger partial charge in [0.15, 0.2) is 0 Å². The molecule has 0 radical (unpaired) electrons. The van der Waals surface area contributed by atoms with Gasteiger partial charge in [-0.15, -0.1) is 17.8 Å². The van der Waals surface area contributed by atoms with Crippen LogP contribution in [0.15, 0.2) is 6.07 Å². The molecule has 14 heavy (non-hydrogen) atoms. The predicted molar refractivity (Wildman–Crippen MR) is 56.6 cm³/mol. The van der Waals surface area contributed by atoms with Crippen molar-refractivity contribution in [2.24, 2.45) is 0 Å². The summed E-state index contributed by atoms with van der Waals surface area (Å²) in [5, 5.41) is 11.8. The normalized spacial score (nSPS) is 9.71. The summed E-state index contributed by atoms with van der Waals surface area (Å²) in [7, 11) is 0. The Hall–Kier alpha value is -1.31. The highest BCUT2D eigenvalue weighted by atomic mass is 32.1. The lowest BCUT2D eigenvalue weighted by Gasteiger charge is -1.98. The minimum absolute atomic E-state index is 0.375. The van der Waals surface area contributed by atoms with Crippen LogP contribution < -0.4 is 5.32 Å². The van der Waals surface area contributed by atoms with Crippen LogP contribution in [0, 0.1) is 19.3 Å². The first-order valence-electron chi connectivity index (χ1n) is 4.12. The lowest BCUT2D eigenvalue weighted by molar-refractivity contribution is 0.0702. The van der Waals surface area contributed by atoms with E-state index in [2.05, 4.69) is 11.2 Å². The molecule has 2 N–H and O–H groups in total. The van der Waals surface area contributed by atoms with E-state index in [9.17, 15) is 4.79 Å². The smallest absolute Gasteiger partial charge is 0.345 e. The number of hydrogen-bond donors (Lipinski definition) is 2. The van der Waals surface area contributed by atoms with Gasteiger partial charge in [-0.2, -0.15) is 0 Å². The molecule has 0 unspecified atom stereocenters. The van der Waals surface area contributed by atoms with Crippen molar-refractivity contribution in [3.63, 3.8) is 0 Å². The van der Waals surface area contributed by atoms with E-state index in [1.54, 1.807) is 6.07 Å². The Kier molecular flexibility index (Phi) is 3.69. The van der Waals surface area contributed by atoms with Crippen LogP contribution in [-0.4, -0.2) is 17.6 Å². The van der Waals surface area contributed by atoms with Gasteiger partial charge < -0.3 is 10.4 Å². The molecule has 1 aromatic rings. The van der Waals surface area contributed by atoms with Gasteiger partial charge in [0.25, 0.3) is 0 Å². The molecule has 3 nitrogen and oxygen atoms in total. The van der Waals surface area contributed by atoms with Crippen molar-refractivity contribution < 1.29 is 9.90 Å². The summed E-state index contributed by atoms with van der Waals surface area (Å²) >= 11 is 1.29. The molecule has 0 aliphatic carbocycles. The molecular formula is C10H11NO2S. The van der Waals surface area contributed by atoms with Gasteiger partial charge in [0.05, 0.1) is 6.54 Å². The van der Waals surface area contributed by atoms with Crippen molar-refractivity contribution in [2.75, 3.05) is 6.54 Å². The van der Waals surface area contributed by atoms with E-state index in [0.717, 1.165) is 10.4 Å². The van der Waals surface area contributed by atoms with Crippen LogP contribution in [0.5, 0.6) is 0 Å². The molecule has 0 bridgehead atoms. The quantitative estimate of drug-likeness (QED) is 0.583. The Morgan fingerprint density at radius 1 is 1.79 bits per heavy atom. The molecule has 0 saturated carbocycles. The summed E-state index contributed by atoms with van der Waals surface area (Å²) in [6.45, 7) is 3.03. The average molecular weight is 209 g/mol. The van der Waals surface area contributed by atoms with Crippen molar-refractivity contribution in [1.29, 1.82) is 0 Å². The number of hydrogen-bond acceptors (Lipinski definition) is 3. The van der Waals surface area contributed by atoms with Crippen LogP contribution in [-0.2, 0) is 6.54 Å². The average Bonchev–Trinajstić information content (AvgIpc) is 2.49. The van der Waals surface area contributed by atoms with Crippen LogP contribution in [0.1, 0.15) is 20.1 Å². The molecule has 0 spiro atoms. The van der Waals surface area contributed by atoms with E-state index >= 15 is 0 Å². The first kappa shape index (κ1) is 10.8. The molecule has 0 saturated heterocycles. The Morgan fingerprint density at radius 3 is 3.00 bits per heavy atom. The minimum Gasteiger partial charge on any atom is -0.477 e. The molecule has 0 aliphatic heterocycles. The minimum atomic E-state index is -0.874. The molecule has 74 valence electrons. The molecule has 0 fully saturated rings. The van der Waals surface area contributed by atoms with Crippen LogP contribution in [0.2, 0.25) is 0 Å². The molecule has 1 heterocycles. The number of aryl methyl sites for hydroxylation is 1. The third-order valence-corrected chi connectivity index (χ3v) is 2.85. The Morgan fingerprint density at radius 2 is 2.50 bits per heavy atom. The second kappa shape index (κ2) is 4.80. The molecule has 4 heteroatoms. The number of rotatable bonds is 4. The maximum Gasteiger partial charge on any atom is 0.345 e. The summed E-state index contributed by atoms with van der Waals surface area (Å²) in [6, 6.07) is 1.69. The zero-order chi connectivity index (χ0) is 10.6. The number of carboxylic acids is 1. The number of aromatic carboxylic acids is 1. The maximum atomic E-state index is 10.7. The highest BCUT2D eigenvalue weighted by Crippen LogP contribution is 2.21. The van der Waals surface area contributed by atoms with Gasteiger partial charge in [0.2, 0.25) is 0 Å². The van der Waals surface area contributed by atoms with E-state index < -0.39 is 5.97 Å². The van der Waals surface area contributed by atoms with Crippen molar-refractivity contribution in [1.82, 2.24) is 5.32 Å². The van der Waals surface area contributed by atoms with Crippen molar-refractivity contribution in [2.45, 2.75) is 13.5 Å². The molecule has 0 atom stereocenters. The zero-order valence-corrected chi connectivity index (χ0v) is 8.65. The molecular weight excluding hydrogens is 198 g/mol. The molecule has 0 aliphatic rings. The Balaban J connectivity index is 2.69. The lowest BCUT2D eigenvalue weighted by Crippen LogP contribution is -2.12. The van der Waals surface area contributed by atoms with Crippen LogP contribution in [0.4, 0.5) is 0 Å². The molecule has 0 aromatic carbocycles. The van der Waals surface area contributed by atoms with Crippen molar-refractivity contribution in [3.8, 4) is 12.3 Å². The summed E-state index contributed by atoms with van der Waals surface area (Å²) in [4.78, 5) is 12.0. The van der Waals surface area contributed by atoms with Gasteiger partial charge in [0.1, 0.15) is 4.88 Å². The van der Waals surface area contributed by atoms with E-state index in [-0.39, 0.29) is 0 Å². The van der Waals surface area contributed by atoms with E-state index in [4.69, 9.17) is 11.5 Å². The largest absolute Gasteiger partial charge is 0.477 e. The van der Waals surface area contributed by atoms with Crippen LogP contribution >= 0.6 is 11.3 Å². The lowest BCUT2D eigenvalue weighted by atomic mass is 10.2. The Bertz CT molecular complexity index is 376. The van der Waals surface area contributed by atoms with Gasteiger partial charge in [-0.25, -0.2) is 4.79 Å². The highest BCUT2D eigenvalue weighted by Gasteiger charge is 2.09. The predicted octanol–water partition coefficient (Wildman–Crippen LogP) is 1.48. The monoisotopic (exact) mass is 209 g/mol. The molecule has 0 amide bonds. The number of carbonyl (C=O) groups is 1. The van der Waals surface area contributed by atoms with E-state index in [0.29, 0.717) is 18.0 Å². The molecule has 1 aromatic heterocycles. The van der Waals surface area contributed by atoms with E-state index in [1.165, 1.54) is 11.3 Å². The fourth-order valence-corrected chi connectivity index (χ4v) is 1.95. The maximum absolute atomic E-state index is 10.7. The molecule has 1 rings (SSSR count). The fraction of sp³-hybridized carbons (Fsp3) is 0.300. The first-order valence-corrected chi connectivity index (χ1v) is 4.93. The fourth-order valence-electron chi connectivity index (χ4n) is 1.07. The SMILES string of the molecule is C#CCNCc1cc(C(=O)O)sc1C. The second-order valence-corrected chi connectivity index (χ2v) is 4.06. The van der Waals surface area contributed by atoms with Crippen LogP contribution in [0.25, 0.3) is 0 Å². The number of carboxylic acid groups (broad SMARTS) is 1.